The van der Waals surface area contributed by atoms with E-state index >= 15 is 0 Å². The SMILES string of the molecule is Cc1cc(O)cc(C)c1C[C@H](N)C(=O)N1Cc2ccccc2C[C@H]1C(=O)N[C@H](C(=O)N[C@@H](Cc1ccccc1)C(=O)O)[C@@H](C)C1CCCCC1. The Morgan fingerprint density at radius 2 is 1.50 bits per heavy atom. The van der Waals surface area contributed by atoms with Crippen LogP contribution in [0.25, 0.3) is 0 Å². The maximum Gasteiger partial charge on any atom is 0.326 e. The lowest BCUT2D eigenvalue weighted by atomic mass is 9.77. The number of fused-ring (bicyclic) bond motifs is 1. The molecule has 3 amide bonds. The van der Waals surface area contributed by atoms with Gasteiger partial charge in [-0.2, -0.15) is 0 Å². The number of amides is 3. The predicted molar refractivity (Wildman–Crippen MR) is 191 cm³/mol. The van der Waals surface area contributed by atoms with Crippen LogP contribution in [-0.2, 0) is 45.0 Å². The third-order valence-electron chi connectivity index (χ3n) is 10.7. The molecule has 0 unspecified atom stereocenters. The van der Waals surface area contributed by atoms with E-state index in [4.69, 9.17) is 5.73 Å². The lowest BCUT2D eigenvalue weighted by Crippen LogP contribution is -2.61. The number of hydrogen-bond donors (Lipinski definition) is 5. The second-order valence-electron chi connectivity index (χ2n) is 14.2. The fourth-order valence-corrected chi connectivity index (χ4v) is 7.73. The van der Waals surface area contributed by atoms with Gasteiger partial charge in [-0.1, -0.05) is 93.6 Å². The zero-order valence-electron chi connectivity index (χ0n) is 29.2. The number of carbonyl (C=O) groups excluding carboxylic acids is 3. The van der Waals surface area contributed by atoms with Crippen LogP contribution >= 0.6 is 0 Å². The van der Waals surface area contributed by atoms with Crippen molar-refractivity contribution in [1.82, 2.24) is 15.5 Å². The number of rotatable bonds is 12. The molecule has 3 aromatic rings. The molecule has 1 saturated carbocycles. The number of hydrogen-bond acceptors (Lipinski definition) is 6. The Morgan fingerprint density at radius 1 is 0.880 bits per heavy atom. The minimum Gasteiger partial charge on any atom is -0.508 e. The van der Waals surface area contributed by atoms with E-state index in [1.165, 1.54) is 4.90 Å². The average Bonchev–Trinajstić information content (AvgIpc) is 3.11. The first-order chi connectivity index (χ1) is 23.9. The molecule has 6 N–H and O–H groups in total. The Morgan fingerprint density at radius 3 is 2.14 bits per heavy atom. The largest absolute Gasteiger partial charge is 0.508 e. The maximum atomic E-state index is 14.4. The number of nitrogens with zero attached hydrogens (tertiary/aromatic N) is 1. The molecular formula is C40H50N4O6. The van der Waals surface area contributed by atoms with Crippen LogP contribution in [0.4, 0.5) is 0 Å². The number of carboxylic acid groups (broad SMARTS) is 1. The molecule has 0 spiro atoms. The van der Waals surface area contributed by atoms with E-state index in [2.05, 4.69) is 10.6 Å². The number of phenolic OH excluding ortho intramolecular Hbond substituents is 1. The van der Waals surface area contributed by atoms with Gasteiger partial charge in [0.25, 0.3) is 0 Å². The molecule has 1 aliphatic carbocycles. The monoisotopic (exact) mass is 682 g/mol. The van der Waals surface area contributed by atoms with Crippen molar-refractivity contribution >= 4 is 23.7 Å². The van der Waals surface area contributed by atoms with Gasteiger partial charge >= 0.3 is 5.97 Å². The second kappa shape index (κ2) is 16.3. The van der Waals surface area contributed by atoms with Crippen molar-refractivity contribution in [3.05, 3.63) is 100 Å². The van der Waals surface area contributed by atoms with Gasteiger partial charge in [-0.25, -0.2) is 4.79 Å². The fourth-order valence-electron chi connectivity index (χ4n) is 7.73. The molecule has 50 heavy (non-hydrogen) atoms. The molecule has 10 nitrogen and oxygen atoms in total. The van der Waals surface area contributed by atoms with Crippen LogP contribution < -0.4 is 16.4 Å². The number of aryl methyl sites for hydroxylation is 2. The summed E-state index contributed by atoms with van der Waals surface area (Å²) in [5.74, 6) is -2.53. The number of phenols is 1. The summed E-state index contributed by atoms with van der Waals surface area (Å²) in [6, 6.07) is 16.0. The quantitative estimate of drug-likeness (QED) is 0.190. The Balaban J connectivity index is 1.41. The van der Waals surface area contributed by atoms with Gasteiger partial charge in [0.05, 0.1) is 6.04 Å². The van der Waals surface area contributed by atoms with Crippen molar-refractivity contribution in [1.29, 1.82) is 0 Å². The zero-order valence-corrected chi connectivity index (χ0v) is 29.2. The average molecular weight is 683 g/mol. The van der Waals surface area contributed by atoms with E-state index in [0.29, 0.717) is 0 Å². The highest BCUT2D eigenvalue weighted by Crippen LogP contribution is 2.32. The molecule has 5 atom stereocenters. The summed E-state index contributed by atoms with van der Waals surface area (Å²) in [5, 5.41) is 25.8. The van der Waals surface area contributed by atoms with Crippen LogP contribution in [0, 0.1) is 25.7 Å². The molecule has 5 rings (SSSR count). The standard InChI is InChI=1S/C40H50N4O6/c1-24-18-31(45)19-25(2)32(24)22-33(41)39(48)44-23-30-17-11-10-16-29(30)21-35(44)37(46)43-36(26(3)28-14-8-5-9-15-28)38(47)42-34(40(49)50)20-27-12-6-4-7-13-27/h4,6-7,10-13,16-19,26,28,33-36,45H,5,8-9,14-15,20-23,41H2,1-3H3,(H,42,47)(H,43,46)(H,49,50)/t26-,33-,34-,35-,36-/m0/s1. The van der Waals surface area contributed by atoms with Gasteiger partial charge in [-0.05, 0) is 77.6 Å². The van der Waals surface area contributed by atoms with Gasteiger partial charge in [0.1, 0.15) is 23.9 Å². The Bertz CT molecular complexity index is 1670. The number of carbonyl (C=O) groups is 4. The number of benzene rings is 3. The third kappa shape index (κ3) is 8.71. The highest BCUT2D eigenvalue weighted by molar-refractivity contribution is 5.95. The first kappa shape index (κ1) is 36.6. The predicted octanol–water partition coefficient (Wildman–Crippen LogP) is 4.35. The Kier molecular flexibility index (Phi) is 12.0. The highest BCUT2D eigenvalue weighted by atomic mass is 16.4. The van der Waals surface area contributed by atoms with Crippen LogP contribution in [0.3, 0.4) is 0 Å². The normalized spacial score (nSPS) is 18.6. The van der Waals surface area contributed by atoms with E-state index < -0.39 is 42.0 Å². The number of aliphatic carboxylic acids is 1. The maximum absolute atomic E-state index is 14.4. The second-order valence-corrected chi connectivity index (χ2v) is 14.2. The van der Waals surface area contributed by atoms with Gasteiger partial charge in [-0.15, -0.1) is 0 Å². The summed E-state index contributed by atoms with van der Waals surface area (Å²) < 4.78 is 0. The summed E-state index contributed by atoms with van der Waals surface area (Å²) in [6.07, 6.45) is 5.58. The minimum atomic E-state index is -1.19. The molecule has 3 aromatic carbocycles. The number of nitrogens with one attached hydrogen (secondary N) is 2. The van der Waals surface area contributed by atoms with Crippen LogP contribution in [0.5, 0.6) is 5.75 Å². The first-order valence-electron chi connectivity index (χ1n) is 17.7. The molecule has 266 valence electrons. The van der Waals surface area contributed by atoms with Crippen LogP contribution in [0.2, 0.25) is 0 Å². The van der Waals surface area contributed by atoms with Crippen molar-refractivity contribution in [2.24, 2.45) is 17.6 Å². The van der Waals surface area contributed by atoms with E-state index in [9.17, 15) is 29.4 Å². The van der Waals surface area contributed by atoms with Gasteiger partial charge in [-0.3, -0.25) is 14.4 Å². The molecule has 1 heterocycles. The fraction of sp³-hybridized carbons (Fsp3) is 0.450. The Hall–Kier alpha value is -4.70. The molecule has 0 radical (unpaired) electrons. The van der Waals surface area contributed by atoms with Gasteiger partial charge in [0, 0.05) is 19.4 Å². The Labute approximate surface area is 294 Å². The topological polar surface area (TPSA) is 162 Å². The van der Waals surface area contributed by atoms with Crippen LogP contribution in [0.15, 0.2) is 66.7 Å². The van der Waals surface area contributed by atoms with Crippen molar-refractivity contribution in [2.45, 2.75) is 103 Å². The van der Waals surface area contributed by atoms with Gasteiger partial charge in [0.2, 0.25) is 17.7 Å². The van der Waals surface area contributed by atoms with Crippen molar-refractivity contribution in [3.8, 4) is 5.75 Å². The molecule has 2 aliphatic rings. The van der Waals surface area contributed by atoms with Crippen molar-refractivity contribution in [3.63, 3.8) is 0 Å². The summed E-state index contributed by atoms with van der Waals surface area (Å²) in [6.45, 7) is 5.85. The lowest BCUT2D eigenvalue weighted by molar-refractivity contribution is -0.145. The molecular weight excluding hydrogens is 632 g/mol. The summed E-state index contributed by atoms with van der Waals surface area (Å²) in [5.41, 5.74) is 11.7. The molecule has 10 heteroatoms. The summed E-state index contributed by atoms with van der Waals surface area (Å²) in [4.78, 5) is 56.4. The first-order valence-corrected chi connectivity index (χ1v) is 17.7. The van der Waals surface area contributed by atoms with Crippen LogP contribution in [-0.4, -0.2) is 63.0 Å². The third-order valence-corrected chi connectivity index (χ3v) is 10.7. The van der Waals surface area contributed by atoms with Gasteiger partial charge < -0.3 is 31.5 Å². The van der Waals surface area contributed by atoms with E-state index in [-0.39, 0.29) is 49.3 Å². The highest BCUT2D eigenvalue weighted by Gasteiger charge is 2.41. The number of nitrogens with two attached hydrogens (primary N) is 1. The molecule has 1 fully saturated rings. The van der Waals surface area contributed by atoms with E-state index in [1.54, 1.807) is 12.1 Å². The zero-order chi connectivity index (χ0) is 35.9. The van der Waals surface area contributed by atoms with Crippen molar-refractivity contribution in [2.75, 3.05) is 0 Å². The van der Waals surface area contributed by atoms with E-state index in [0.717, 1.165) is 65.5 Å². The smallest absolute Gasteiger partial charge is 0.326 e. The number of carboxylic acids is 1. The van der Waals surface area contributed by atoms with Gasteiger partial charge in [0.15, 0.2) is 0 Å². The molecule has 0 aromatic heterocycles. The summed E-state index contributed by atoms with van der Waals surface area (Å²) in [7, 11) is 0. The lowest BCUT2D eigenvalue weighted by Gasteiger charge is -2.39. The molecule has 0 bridgehead atoms. The van der Waals surface area contributed by atoms with E-state index in [1.807, 2.05) is 75.4 Å². The van der Waals surface area contributed by atoms with Crippen molar-refractivity contribution < 1.29 is 29.4 Å². The summed E-state index contributed by atoms with van der Waals surface area (Å²) >= 11 is 0. The van der Waals surface area contributed by atoms with Crippen LogP contribution in [0.1, 0.15) is 72.4 Å². The molecule has 0 saturated heterocycles. The minimum absolute atomic E-state index is 0.0972. The number of aromatic hydroxyl groups is 1. The molecule has 1 aliphatic heterocycles.